The van der Waals surface area contributed by atoms with Crippen LogP contribution >= 0.6 is 0 Å². The smallest absolute Gasteiger partial charge is 0.0784 e. The van der Waals surface area contributed by atoms with E-state index in [1.807, 2.05) is 0 Å². The zero-order valence-corrected chi connectivity index (χ0v) is 13.4. The number of nitrogens with zero attached hydrogens (tertiary/aromatic N) is 2. The lowest BCUT2D eigenvalue weighted by Gasteiger charge is -2.11. The number of aromatic nitrogens is 2. The summed E-state index contributed by atoms with van der Waals surface area (Å²) in [4.78, 5) is 6.18. The topological polar surface area (TPSA) is 22.3 Å². The lowest BCUT2D eigenvalue weighted by atomic mass is 10.1. The van der Waals surface area contributed by atoms with Gasteiger partial charge in [-0.05, 0) is 26.0 Å². The van der Waals surface area contributed by atoms with Gasteiger partial charge in [0.2, 0.25) is 0 Å². The Morgan fingerprint density at radius 3 is 2.62 bits per heavy atom. The standard InChI is InChI=1S/C18H23N3/c1-13-12-16-15-8-5-6-9-17(15)21(11-7-10-20(3)4)18(16)14(2)19-13/h5-6,8-9,12H,7,10-11H2,1-4H3/p+1. The molecule has 3 nitrogen and oxygen atoms in total. The second kappa shape index (κ2) is 5.49. The Hall–Kier alpha value is -1.87. The van der Waals surface area contributed by atoms with Gasteiger partial charge in [-0.1, -0.05) is 18.2 Å². The summed E-state index contributed by atoms with van der Waals surface area (Å²) in [5.74, 6) is 0. The largest absolute Gasteiger partial charge is 0.340 e. The Bertz CT molecular complexity index is 784. The van der Waals surface area contributed by atoms with Crippen molar-refractivity contribution in [3.8, 4) is 0 Å². The van der Waals surface area contributed by atoms with Gasteiger partial charge in [-0.15, -0.1) is 0 Å². The van der Waals surface area contributed by atoms with Crippen LogP contribution in [0.5, 0.6) is 0 Å². The Labute approximate surface area is 126 Å². The molecule has 0 atom stereocenters. The fourth-order valence-electron chi connectivity index (χ4n) is 3.25. The zero-order valence-electron chi connectivity index (χ0n) is 13.4. The fraction of sp³-hybridized carbons (Fsp3) is 0.389. The molecule has 3 aromatic rings. The van der Waals surface area contributed by atoms with Crippen LogP contribution in [0.15, 0.2) is 30.3 Å². The van der Waals surface area contributed by atoms with E-state index in [9.17, 15) is 0 Å². The highest BCUT2D eigenvalue weighted by atomic mass is 15.1. The minimum atomic E-state index is 1.06. The molecule has 0 amide bonds. The molecular formula is C18H24N3+. The molecule has 2 heterocycles. The van der Waals surface area contributed by atoms with Crippen LogP contribution in [-0.4, -0.2) is 30.2 Å². The van der Waals surface area contributed by atoms with E-state index in [0.717, 1.165) is 17.9 Å². The zero-order chi connectivity index (χ0) is 15.0. The first-order valence-electron chi connectivity index (χ1n) is 7.72. The van der Waals surface area contributed by atoms with Crippen molar-refractivity contribution in [3.63, 3.8) is 0 Å². The molecule has 1 aromatic carbocycles. The van der Waals surface area contributed by atoms with Gasteiger partial charge in [0.1, 0.15) is 0 Å². The van der Waals surface area contributed by atoms with Gasteiger partial charge in [-0.2, -0.15) is 0 Å². The highest BCUT2D eigenvalue weighted by Crippen LogP contribution is 2.30. The first-order chi connectivity index (χ1) is 10.1. The summed E-state index contributed by atoms with van der Waals surface area (Å²) < 4.78 is 2.45. The Balaban J connectivity index is 2.19. The lowest BCUT2D eigenvalue weighted by Crippen LogP contribution is -3.05. The number of para-hydroxylation sites is 1. The van der Waals surface area contributed by atoms with E-state index in [4.69, 9.17) is 0 Å². The van der Waals surface area contributed by atoms with Crippen LogP contribution in [-0.2, 0) is 6.54 Å². The number of hydrogen-bond donors (Lipinski definition) is 1. The maximum absolute atomic E-state index is 4.67. The van der Waals surface area contributed by atoms with Crippen molar-refractivity contribution >= 4 is 21.8 Å². The van der Waals surface area contributed by atoms with E-state index in [-0.39, 0.29) is 0 Å². The normalized spacial score (nSPS) is 11.9. The van der Waals surface area contributed by atoms with E-state index in [0.29, 0.717) is 0 Å². The number of quaternary nitrogens is 1. The second-order valence-electron chi connectivity index (χ2n) is 6.22. The fourth-order valence-corrected chi connectivity index (χ4v) is 3.25. The lowest BCUT2D eigenvalue weighted by molar-refractivity contribution is -0.858. The molecule has 0 radical (unpaired) electrons. The molecule has 0 saturated heterocycles. The third-order valence-electron chi connectivity index (χ3n) is 4.11. The number of hydrogen-bond acceptors (Lipinski definition) is 1. The SMILES string of the molecule is Cc1cc2c3ccccc3n(CCC[NH+](C)C)c2c(C)n1. The van der Waals surface area contributed by atoms with E-state index in [1.165, 1.54) is 39.7 Å². The Morgan fingerprint density at radius 1 is 1.10 bits per heavy atom. The quantitative estimate of drug-likeness (QED) is 0.779. The van der Waals surface area contributed by atoms with Gasteiger partial charge in [-0.25, -0.2) is 0 Å². The third-order valence-corrected chi connectivity index (χ3v) is 4.11. The monoisotopic (exact) mass is 282 g/mol. The van der Waals surface area contributed by atoms with Crippen LogP contribution < -0.4 is 4.90 Å². The molecule has 110 valence electrons. The molecule has 0 fully saturated rings. The minimum absolute atomic E-state index is 1.06. The molecule has 0 unspecified atom stereocenters. The van der Waals surface area contributed by atoms with Crippen molar-refractivity contribution in [3.05, 3.63) is 41.7 Å². The summed E-state index contributed by atoms with van der Waals surface area (Å²) in [7, 11) is 4.42. The molecule has 0 spiro atoms. The summed E-state index contributed by atoms with van der Waals surface area (Å²) in [6.45, 7) is 6.45. The summed E-state index contributed by atoms with van der Waals surface area (Å²) in [5, 5.41) is 2.69. The minimum Gasteiger partial charge on any atom is -0.340 e. The number of nitrogens with one attached hydrogen (secondary N) is 1. The summed E-state index contributed by atoms with van der Waals surface area (Å²) >= 11 is 0. The highest BCUT2D eigenvalue weighted by Gasteiger charge is 2.13. The van der Waals surface area contributed by atoms with E-state index < -0.39 is 0 Å². The van der Waals surface area contributed by atoms with Gasteiger partial charge in [-0.3, -0.25) is 4.98 Å². The second-order valence-corrected chi connectivity index (χ2v) is 6.22. The molecule has 0 bridgehead atoms. The van der Waals surface area contributed by atoms with Crippen LogP contribution in [0.2, 0.25) is 0 Å². The number of pyridine rings is 1. The van der Waals surface area contributed by atoms with Crippen LogP contribution in [0, 0.1) is 13.8 Å². The highest BCUT2D eigenvalue weighted by molar-refractivity contribution is 6.08. The number of benzene rings is 1. The molecule has 0 aliphatic heterocycles. The average Bonchev–Trinajstić information content (AvgIpc) is 2.74. The molecule has 0 aliphatic carbocycles. The van der Waals surface area contributed by atoms with Crippen molar-refractivity contribution in [2.75, 3.05) is 20.6 Å². The predicted molar refractivity (Wildman–Crippen MR) is 89.0 cm³/mol. The van der Waals surface area contributed by atoms with Gasteiger partial charge in [0.25, 0.3) is 0 Å². The van der Waals surface area contributed by atoms with Crippen LogP contribution in [0.4, 0.5) is 0 Å². The van der Waals surface area contributed by atoms with Crippen LogP contribution in [0.1, 0.15) is 17.8 Å². The maximum atomic E-state index is 4.67. The van der Waals surface area contributed by atoms with Gasteiger partial charge in [0.15, 0.2) is 0 Å². The van der Waals surface area contributed by atoms with E-state index in [2.05, 4.69) is 67.8 Å². The molecular weight excluding hydrogens is 258 g/mol. The summed E-state index contributed by atoms with van der Waals surface area (Å²) in [6, 6.07) is 10.9. The van der Waals surface area contributed by atoms with Crippen molar-refractivity contribution in [1.82, 2.24) is 9.55 Å². The van der Waals surface area contributed by atoms with Crippen LogP contribution in [0.25, 0.3) is 21.8 Å². The molecule has 21 heavy (non-hydrogen) atoms. The third kappa shape index (κ3) is 2.54. The number of fused-ring (bicyclic) bond motifs is 3. The average molecular weight is 282 g/mol. The van der Waals surface area contributed by atoms with Crippen molar-refractivity contribution in [1.29, 1.82) is 0 Å². The van der Waals surface area contributed by atoms with Gasteiger partial charge in [0.05, 0.1) is 31.9 Å². The first-order valence-corrected chi connectivity index (χ1v) is 7.72. The summed E-state index contributed by atoms with van der Waals surface area (Å²) in [6.07, 6.45) is 1.18. The molecule has 3 rings (SSSR count). The predicted octanol–water partition coefficient (Wildman–Crippen LogP) is 2.34. The molecule has 3 heteroatoms. The molecule has 2 aromatic heterocycles. The molecule has 1 N–H and O–H groups in total. The number of rotatable bonds is 4. The van der Waals surface area contributed by atoms with Gasteiger partial charge < -0.3 is 9.47 Å². The Kier molecular flexibility index (Phi) is 3.68. The number of aryl methyl sites for hydroxylation is 3. The van der Waals surface area contributed by atoms with E-state index in [1.54, 1.807) is 0 Å². The Morgan fingerprint density at radius 2 is 1.86 bits per heavy atom. The van der Waals surface area contributed by atoms with Crippen molar-refractivity contribution in [2.45, 2.75) is 26.8 Å². The van der Waals surface area contributed by atoms with E-state index >= 15 is 0 Å². The van der Waals surface area contributed by atoms with Crippen molar-refractivity contribution in [2.24, 2.45) is 0 Å². The van der Waals surface area contributed by atoms with Gasteiger partial charge in [0, 0.05) is 34.9 Å². The first kappa shape index (κ1) is 14.1. The molecule has 0 aliphatic rings. The van der Waals surface area contributed by atoms with Crippen molar-refractivity contribution < 1.29 is 4.90 Å². The maximum Gasteiger partial charge on any atom is 0.0784 e. The summed E-state index contributed by atoms with van der Waals surface area (Å²) in [5.41, 5.74) is 4.87. The van der Waals surface area contributed by atoms with Crippen LogP contribution in [0.3, 0.4) is 0 Å². The molecule has 0 saturated carbocycles. The van der Waals surface area contributed by atoms with Gasteiger partial charge >= 0.3 is 0 Å².